The summed E-state index contributed by atoms with van der Waals surface area (Å²) < 4.78 is 27.4. The maximum atomic E-state index is 13.4. The number of carbonyl (C=O) groups excluding carboxylic acids is 3. The van der Waals surface area contributed by atoms with Gasteiger partial charge < -0.3 is 21.0 Å². The first-order chi connectivity index (χ1) is 22.5. The molecule has 3 fully saturated rings. The molecule has 3 amide bonds. The molecule has 6 rings (SSSR count). The normalized spacial score (nSPS) is 23.2. The summed E-state index contributed by atoms with van der Waals surface area (Å²) in [5.41, 5.74) is 6.69. The van der Waals surface area contributed by atoms with E-state index in [-0.39, 0.29) is 63.1 Å². The van der Waals surface area contributed by atoms with Gasteiger partial charge in [-0.2, -0.15) is 0 Å². The van der Waals surface area contributed by atoms with E-state index in [9.17, 15) is 32.7 Å². The summed E-state index contributed by atoms with van der Waals surface area (Å²) in [7, 11) is -4.13. The van der Waals surface area contributed by atoms with Crippen LogP contribution in [0, 0.1) is 6.92 Å². The number of carboxylic acid groups (broad SMARTS) is 1. The number of carboxylic acids is 1. The SMILES string of the molecule is Cc1ccc(S(=O)(=O)N2CCC/C(=C\C3=C(C(=O)O)N4C(=O)[C@@H](NC(=O)/C(=N\OC5CCCC5)c5csc(N)n5)[C@H]4SC3)C2=O)cc1. The van der Waals surface area contributed by atoms with Crippen molar-refractivity contribution in [1.82, 2.24) is 19.5 Å². The minimum Gasteiger partial charge on any atom is -0.477 e. The summed E-state index contributed by atoms with van der Waals surface area (Å²) in [6.07, 6.45) is 5.43. The number of hydrogen-bond donors (Lipinski definition) is 3. The molecule has 14 nitrogen and oxygen atoms in total. The average molecular weight is 701 g/mol. The second-order valence-corrected chi connectivity index (χ2v) is 15.4. The van der Waals surface area contributed by atoms with Gasteiger partial charge in [0.05, 0.1) is 4.90 Å². The molecule has 0 spiro atoms. The van der Waals surface area contributed by atoms with Crippen LogP contribution in [-0.4, -0.2) is 86.9 Å². The molecule has 248 valence electrons. The molecule has 3 aliphatic heterocycles. The van der Waals surface area contributed by atoms with Gasteiger partial charge in [0.15, 0.2) is 10.8 Å². The molecule has 1 aromatic heterocycles. The Morgan fingerprint density at radius 3 is 2.55 bits per heavy atom. The highest BCUT2D eigenvalue weighted by molar-refractivity contribution is 8.00. The molecule has 0 bridgehead atoms. The molecule has 47 heavy (non-hydrogen) atoms. The van der Waals surface area contributed by atoms with Crippen LogP contribution < -0.4 is 11.1 Å². The summed E-state index contributed by atoms with van der Waals surface area (Å²) in [5, 5.41) is 17.9. The Kier molecular flexibility index (Phi) is 9.13. The number of fused-ring (bicyclic) bond motifs is 1. The number of hydrogen-bond acceptors (Lipinski definition) is 12. The maximum absolute atomic E-state index is 13.4. The Morgan fingerprint density at radius 1 is 1.17 bits per heavy atom. The molecule has 17 heteroatoms. The number of nitrogen functional groups attached to an aromatic ring is 1. The van der Waals surface area contributed by atoms with E-state index in [1.165, 1.54) is 30.0 Å². The number of benzene rings is 1. The number of amides is 3. The fourth-order valence-corrected chi connectivity index (χ4v) is 9.17. The molecular formula is C30H32N6O8S3. The quantitative estimate of drug-likeness (QED) is 0.150. The number of sulfonamides is 1. The number of aliphatic carboxylic acids is 1. The molecule has 1 aliphatic carbocycles. The van der Waals surface area contributed by atoms with Gasteiger partial charge in [0, 0.05) is 23.3 Å². The Morgan fingerprint density at radius 2 is 1.89 bits per heavy atom. The monoisotopic (exact) mass is 700 g/mol. The highest BCUT2D eigenvalue weighted by Gasteiger charge is 2.54. The zero-order valence-corrected chi connectivity index (χ0v) is 27.7. The third-order valence-corrected chi connectivity index (χ3v) is 12.1. The van der Waals surface area contributed by atoms with Gasteiger partial charge in [0.25, 0.3) is 27.7 Å². The number of thiazole rings is 1. The summed E-state index contributed by atoms with van der Waals surface area (Å²) in [4.78, 5) is 63.4. The fourth-order valence-electron chi connectivity index (χ4n) is 5.88. The van der Waals surface area contributed by atoms with Crippen molar-refractivity contribution in [3.05, 3.63) is 63.8 Å². The number of β-lactam (4-membered cyclic amide) rings is 1. The maximum Gasteiger partial charge on any atom is 0.352 e. The number of anilines is 1. The highest BCUT2D eigenvalue weighted by atomic mass is 32.2. The first-order valence-electron chi connectivity index (χ1n) is 15.0. The molecule has 2 atom stereocenters. The number of nitrogens with two attached hydrogens (primary N) is 1. The van der Waals surface area contributed by atoms with E-state index in [1.807, 2.05) is 6.92 Å². The van der Waals surface area contributed by atoms with E-state index in [1.54, 1.807) is 17.5 Å². The van der Waals surface area contributed by atoms with E-state index < -0.39 is 45.1 Å². The van der Waals surface area contributed by atoms with E-state index in [0.29, 0.717) is 6.42 Å². The minimum atomic E-state index is -4.13. The zero-order chi connectivity index (χ0) is 33.5. The molecule has 2 aromatic rings. The van der Waals surface area contributed by atoms with Crippen LogP contribution in [0.3, 0.4) is 0 Å². The summed E-state index contributed by atoms with van der Waals surface area (Å²) >= 11 is 2.33. The standard InChI is InChI=1S/C30H32N6O8S3/c1-16-8-10-20(11-9-16)47(42,43)35-12-4-5-17(26(35)38)13-18-14-45-28-23(27(39)36(28)24(18)29(40)41)33-25(37)22(21-15-46-30(31)32-21)34-44-19-6-2-3-7-19/h8-11,13,15,19,23,28H,2-7,12,14H2,1H3,(H2,31,32)(H,33,37)(H,40,41)/b17-13+,34-22-/t23-,28-/m1/s1. The first kappa shape index (κ1) is 32.7. The molecule has 1 saturated carbocycles. The fraction of sp³-hybridized carbons (Fsp3) is 0.400. The topological polar surface area (TPSA) is 202 Å². The Balaban J connectivity index is 1.21. The molecule has 0 unspecified atom stereocenters. The third kappa shape index (κ3) is 6.38. The van der Waals surface area contributed by atoms with E-state index in [2.05, 4.69) is 15.5 Å². The number of aryl methyl sites for hydroxylation is 1. The van der Waals surface area contributed by atoms with E-state index in [4.69, 9.17) is 10.6 Å². The zero-order valence-electron chi connectivity index (χ0n) is 25.2. The van der Waals surface area contributed by atoms with Gasteiger partial charge in [-0.15, -0.1) is 23.1 Å². The van der Waals surface area contributed by atoms with Gasteiger partial charge in [-0.3, -0.25) is 19.3 Å². The summed E-state index contributed by atoms with van der Waals surface area (Å²) in [5.74, 6) is -3.41. The number of carbonyl (C=O) groups is 4. The second-order valence-electron chi connectivity index (χ2n) is 11.5. The molecule has 1 aromatic carbocycles. The minimum absolute atomic E-state index is 0.00941. The largest absolute Gasteiger partial charge is 0.477 e. The predicted octanol–water partition coefficient (Wildman–Crippen LogP) is 2.37. The van der Waals surface area contributed by atoms with Gasteiger partial charge in [0.1, 0.15) is 28.9 Å². The molecule has 4 heterocycles. The van der Waals surface area contributed by atoms with Crippen LogP contribution in [0.25, 0.3) is 0 Å². The van der Waals surface area contributed by atoms with Crippen LogP contribution >= 0.6 is 23.1 Å². The van der Waals surface area contributed by atoms with Crippen molar-refractivity contribution in [1.29, 1.82) is 0 Å². The summed E-state index contributed by atoms with van der Waals surface area (Å²) in [6.45, 7) is 1.81. The van der Waals surface area contributed by atoms with Crippen LogP contribution in [0.5, 0.6) is 0 Å². The number of allylic oxidation sites excluding steroid dienone is 1. The molecule has 0 radical (unpaired) electrons. The van der Waals surface area contributed by atoms with Crippen LogP contribution in [0.2, 0.25) is 0 Å². The number of piperidine rings is 1. The number of nitrogens with one attached hydrogen (secondary N) is 1. The first-order valence-corrected chi connectivity index (χ1v) is 18.3. The van der Waals surface area contributed by atoms with Gasteiger partial charge in [-0.05, 0) is 69.2 Å². The number of aromatic nitrogens is 1. The smallest absolute Gasteiger partial charge is 0.352 e. The Hall–Kier alpha value is -4.22. The van der Waals surface area contributed by atoms with Gasteiger partial charge >= 0.3 is 5.97 Å². The van der Waals surface area contributed by atoms with Crippen LogP contribution in [-0.2, 0) is 34.0 Å². The molecular weight excluding hydrogens is 669 g/mol. The van der Waals surface area contributed by atoms with Crippen LogP contribution in [0.1, 0.15) is 49.8 Å². The van der Waals surface area contributed by atoms with Crippen molar-refractivity contribution in [3.8, 4) is 0 Å². The van der Waals surface area contributed by atoms with Crippen molar-refractivity contribution < 1.29 is 37.5 Å². The molecule has 2 saturated heterocycles. The Bertz CT molecular complexity index is 1830. The van der Waals surface area contributed by atoms with Gasteiger partial charge in [0.2, 0.25) is 0 Å². The Labute approximate surface area is 278 Å². The number of rotatable bonds is 9. The van der Waals surface area contributed by atoms with Crippen molar-refractivity contribution in [2.75, 3.05) is 18.0 Å². The van der Waals surface area contributed by atoms with Crippen molar-refractivity contribution in [3.63, 3.8) is 0 Å². The number of thioether (sulfide) groups is 1. The second kappa shape index (κ2) is 13.1. The number of nitrogens with zero attached hydrogens (tertiary/aromatic N) is 4. The number of oxime groups is 1. The van der Waals surface area contributed by atoms with Crippen molar-refractivity contribution >= 4 is 67.7 Å². The molecule has 4 N–H and O–H groups in total. The summed E-state index contributed by atoms with van der Waals surface area (Å²) in [6, 6.07) is 5.10. The van der Waals surface area contributed by atoms with E-state index in [0.717, 1.165) is 51.8 Å². The van der Waals surface area contributed by atoms with Crippen LogP contribution in [0.4, 0.5) is 5.13 Å². The molecule has 4 aliphatic rings. The lowest BCUT2D eigenvalue weighted by Gasteiger charge is -2.49. The van der Waals surface area contributed by atoms with Gasteiger partial charge in [-0.1, -0.05) is 22.9 Å². The van der Waals surface area contributed by atoms with Crippen molar-refractivity contribution in [2.24, 2.45) is 5.16 Å². The van der Waals surface area contributed by atoms with Crippen LogP contribution in [0.15, 0.2) is 62.6 Å². The lowest BCUT2D eigenvalue weighted by molar-refractivity contribution is -0.150. The lowest BCUT2D eigenvalue weighted by atomic mass is 9.99. The average Bonchev–Trinajstić information content (AvgIpc) is 3.72. The predicted molar refractivity (Wildman–Crippen MR) is 173 cm³/mol. The van der Waals surface area contributed by atoms with E-state index >= 15 is 0 Å². The highest BCUT2D eigenvalue weighted by Crippen LogP contribution is 2.41. The van der Waals surface area contributed by atoms with Crippen molar-refractivity contribution in [2.45, 2.75) is 67.9 Å². The van der Waals surface area contributed by atoms with Gasteiger partial charge in [-0.25, -0.2) is 22.5 Å². The third-order valence-electron chi connectivity index (χ3n) is 8.33. The lowest BCUT2D eigenvalue weighted by Crippen LogP contribution is -2.71.